The summed E-state index contributed by atoms with van der Waals surface area (Å²) in [5, 5.41) is 3.48. The van der Waals surface area contributed by atoms with Crippen molar-refractivity contribution in [1.82, 2.24) is 5.32 Å². The van der Waals surface area contributed by atoms with Gasteiger partial charge in [0.25, 0.3) is 0 Å². The molecule has 0 spiro atoms. The van der Waals surface area contributed by atoms with E-state index < -0.39 is 0 Å². The Morgan fingerprint density at radius 2 is 2.22 bits per heavy atom. The molecule has 4 heteroatoms. The molecule has 0 saturated heterocycles. The molecule has 0 bridgehead atoms. The van der Waals surface area contributed by atoms with Gasteiger partial charge in [0.2, 0.25) is 0 Å². The van der Waals surface area contributed by atoms with Gasteiger partial charge in [-0.2, -0.15) is 0 Å². The van der Waals surface area contributed by atoms with Gasteiger partial charge in [-0.15, -0.1) is 0 Å². The van der Waals surface area contributed by atoms with Crippen LogP contribution < -0.4 is 14.8 Å². The quantitative estimate of drug-likeness (QED) is 0.838. The minimum absolute atomic E-state index is 0.441. The van der Waals surface area contributed by atoms with E-state index in [-0.39, 0.29) is 0 Å². The molecular formula is C14H18BrNO2. The van der Waals surface area contributed by atoms with Crippen molar-refractivity contribution in [3.8, 4) is 11.5 Å². The highest BCUT2D eigenvalue weighted by Gasteiger charge is 2.20. The summed E-state index contributed by atoms with van der Waals surface area (Å²) in [6, 6.07) is 6.73. The average Bonchev–Trinajstić information content (AvgIpc) is 3.18. The molecule has 0 unspecified atom stereocenters. The molecule has 98 valence electrons. The molecule has 0 aliphatic heterocycles. The van der Waals surface area contributed by atoms with Crippen LogP contribution in [-0.4, -0.2) is 19.8 Å². The maximum Gasteiger partial charge on any atom is 0.161 e. The zero-order valence-corrected chi connectivity index (χ0v) is 12.1. The number of ether oxygens (including phenoxy) is 2. The normalized spacial score (nSPS) is 14.3. The topological polar surface area (TPSA) is 30.5 Å². The molecule has 1 aromatic carbocycles. The molecule has 3 nitrogen and oxygen atoms in total. The maximum atomic E-state index is 5.59. The monoisotopic (exact) mass is 311 g/mol. The molecule has 2 rings (SSSR count). The fraction of sp³-hybridized carbons (Fsp3) is 0.429. The highest BCUT2D eigenvalue weighted by atomic mass is 79.9. The van der Waals surface area contributed by atoms with Crippen molar-refractivity contribution in [3.63, 3.8) is 0 Å². The van der Waals surface area contributed by atoms with Gasteiger partial charge in [0.15, 0.2) is 11.5 Å². The van der Waals surface area contributed by atoms with Crippen molar-refractivity contribution in [1.29, 1.82) is 0 Å². The smallest absolute Gasteiger partial charge is 0.161 e. The highest BCUT2D eigenvalue weighted by Crippen LogP contribution is 2.29. The van der Waals surface area contributed by atoms with Gasteiger partial charge in [0.1, 0.15) is 6.61 Å². The lowest BCUT2D eigenvalue weighted by atomic mass is 10.2. The van der Waals surface area contributed by atoms with E-state index in [1.165, 1.54) is 18.4 Å². The van der Waals surface area contributed by atoms with Crippen LogP contribution in [0.3, 0.4) is 0 Å². The molecule has 1 aliphatic carbocycles. The Hall–Kier alpha value is -1.00. The molecular weight excluding hydrogens is 294 g/mol. The molecule has 1 N–H and O–H groups in total. The van der Waals surface area contributed by atoms with E-state index in [2.05, 4.69) is 33.9 Å². The zero-order chi connectivity index (χ0) is 13.0. The lowest BCUT2D eigenvalue weighted by Crippen LogP contribution is -2.15. The molecule has 1 fully saturated rings. The third-order valence-electron chi connectivity index (χ3n) is 2.78. The van der Waals surface area contributed by atoms with Crippen molar-refractivity contribution in [3.05, 3.63) is 34.8 Å². The summed E-state index contributed by atoms with van der Waals surface area (Å²) in [7, 11) is 1.66. The van der Waals surface area contributed by atoms with Crippen LogP contribution >= 0.6 is 15.9 Å². The summed E-state index contributed by atoms with van der Waals surface area (Å²) < 4.78 is 11.7. The van der Waals surface area contributed by atoms with Crippen LogP contribution in [0.4, 0.5) is 0 Å². The summed E-state index contributed by atoms with van der Waals surface area (Å²) >= 11 is 3.27. The number of nitrogens with one attached hydrogen (secondary N) is 1. The Kier molecular flexibility index (Phi) is 4.66. The Morgan fingerprint density at radius 1 is 1.44 bits per heavy atom. The van der Waals surface area contributed by atoms with Crippen LogP contribution in [0.1, 0.15) is 18.4 Å². The first-order valence-electron chi connectivity index (χ1n) is 6.05. The second-order valence-electron chi connectivity index (χ2n) is 4.45. The molecule has 1 saturated carbocycles. The molecule has 0 heterocycles. The third kappa shape index (κ3) is 4.03. The lowest BCUT2D eigenvalue weighted by molar-refractivity contribution is 0.324. The number of benzene rings is 1. The minimum atomic E-state index is 0.441. The number of halogens is 1. The first-order chi connectivity index (χ1) is 8.69. The van der Waals surface area contributed by atoms with Gasteiger partial charge in [-0.25, -0.2) is 0 Å². The van der Waals surface area contributed by atoms with E-state index in [4.69, 9.17) is 9.47 Å². The van der Waals surface area contributed by atoms with Crippen molar-refractivity contribution < 1.29 is 9.47 Å². The van der Waals surface area contributed by atoms with Crippen molar-refractivity contribution >= 4 is 15.9 Å². The Bertz CT molecular complexity index is 430. The van der Waals surface area contributed by atoms with Crippen molar-refractivity contribution in [2.24, 2.45) is 0 Å². The summed E-state index contributed by atoms with van der Waals surface area (Å²) in [4.78, 5) is 0. The van der Waals surface area contributed by atoms with E-state index in [1.54, 1.807) is 7.11 Å². The fourth-order valence-corrected chi connectivity index (χ4v) is 1.76. The van der Waals surface area contributed by atoms with E-state index >= 15 is 0 Å². The van der Waals surface area contributed by atoms with Crippen molar-refractivity contribution in [2.45, 2.75) is 25.4 Å². The number of methoxy groups -OCH3 is 1. The second kappa shape index (κ2) is 6.25. The zero-order valence-electron chi connectivity index (χ0n) is 10.5. The van der Waals surface area contributed by atoms with Gasteiger partial charge < -0.3 is 14.8 Å². The lowest BCUT2D eigenvalue weighted by Gasteiger charge is -2.12. The Balaban J connectivity index is 1.99. The molecule has 1 aliphatic rings. The van der Waals surface area contributed by atoms with Crippen LogP contribution in [0.25, 0.3) is 0 Å². The van der Waals surface area contributed by atoms with Gasteiger partial charge in [-0.3, -0.25) is 0 Å². The van der Waals surface area contributed by atoms with E-state index in [1.807, 2.05) is 12.1 Å². The van der Waals surface area contributed by atoms with Crippen LogP contribution in [0.5, 0.6) is 11.5 Å². The summed E-state index contributed by atoms with van der Waals surface area (Å²) in [6.07, 6.45) is 2.59. The summed E-state index contributed by atoms with van der Waals surface area (Å²) in [5.74, 6) is 1.51. The fourth-order valence-electron chi connectivity index (χ4n) is 1.65. The number of hydrogen-bond donors (Lipinski definition) is 1. The van der Waals surface area contributed by atoms with Crippen LogP contribution in [0.2, 0.25) is 0 Å². The standard InChI is InChI=1S/C14H18BrNO2/c1-10(15)9-18-13-6-3-11(7-14(13)17-2)8-16-12-4-5-12/h3,6-7,12,16H,1,4-5,8-9H2,2H3. The first kappa shape index (κ1) is 13.4. The van der Waals surface area contributed by atoms with E-state index in [9.17, 15) is 0 Å². The molecule has 0 aromatic heterocycles. The van der Waals surface area contributed by atoms with Gasteiger partial charge in [0.05, 0.1) is 7.11 Å². The number of rotatable bonds is 7. The van der Waals surface area contributed by atoms with Crippen molar-refractivity contribution in [2.75, 3.05) is 13.7 Å². The predicted molar refractivity (Wildman–Crippen MR) is 76.4 cm³/mol. The van der Waals surface area contributed by atoms with E-state index in [0.717, 1.165) is 22.5 Å². The summed E-state index contributed by atoms with van der Waals surface area (Å²) in [6.45, 7) is 5.06. The largest absolute Gasteiger partial charge is 0.493 e. The molecule has 0 amide bonds. The van der Waals surface area contributed by atoms with Gasteiger partial charge in [0, 0.05) is 17.1 Å². The Labute approximate surface area is 116 Å². The minimum Gasteiger partial charge on any atom is -0.493 e. The average molecular weight is 312 g/mol. The molecule has 18 heavy (non-hydrogen) atoms. The van der Waals surface area contributed by atoms with E-state index in [0.29, 0.717) is 12.6 Å². The second-order valence-corrected chi connectivity index (χ2v) is 5.57. The van der Waals surface area contributed by atoms with Crippen LogP contribution in [-0.2, 0) is 6.54 Å². The SMILES string of the molecule is C=C(Br)COc1ccc(CNC2CC2)cc1OC. The van der Waals surface area contributed by atoms with Gasteiger partial charge in [-0.05, 0) is 30.5 Å². The molecule has 1 aromatic rings. The third-order valence-corrected chi connectivity index (χ3v) is 3.01. The van der Waals surface area contributed by atoms with Crippen LogP contribution in [0, 0.1) is 0 Å². The molecule has 0 radical (unpaired) electrons. The Morgan fingerprint density at radius 3 is 2.83 bits per heavy atom. The van der Waals surface area contributed by atoms with Gasteiger partial charge in [-0.1, -0.05) is 28.6 Å². The van der Waals surface area contributed by atoms with Crippen LogP contribution in [0.15, 0.2) is 29.3 Å². The number of hydrogen-bond acceptors (Lipinski definition) is 3. The first-order valence-corrected chi connectivity index (χ1v) is 6.84. The summed E-state index contributed by atoms with van der Waals surface area (Å²) in [5.41, 5.74) is 1.21. The maximum absolute atomic E-state index is 5.59. The predicted octanol–water partition coefficient (Wildman–Crippen LogP) is 3.23. The van der Waals surface area contributed by atoms with Gasteiger partial charge >= 0.3 is 0 Å². The molecule has 0 atom stereocenters. The highest BCUT2D eigenvalue weighted by molar-refractivity contribution is 9.11.